The van der Waals surface area contributed by atoms with Gasteiger partial charge in [0, 0.05) is 0 Å². The van der Waals surface area contributed by atoms with Crippen LogP contribution in [0, 0.1) is 17.8 Å². The zero-order chi connectivity index (χ0) is 11.4. The highest BCUT2D eigenvalue weighted by atomic mass is 16.5. The molecule has 1 N–H and O–H groups in total. The average molecular weight is 224 g/mol. The Hall–Kier alpha value is -0.340. The number of hydrogen-bond donors (Lipinski definition) is 1. The Morgan fingerprint density at radius 1 is 1.38 bits per heavy atom. The maximum absolute atomic E-state index is 9.65. The molecule has 0 aliphatic heterocycles. The Kier molecular flexibility index (Phi) is 4.42. The zero-order valence-electron chi connectivity index (χ0n) is 10.3. The predicted octanol–water partition coefficient (Wildman–Crippen LogP) is 2.77. The number of fused-ring (bicyclic) bond motifs is 2. The van der Waals surface area contributed by atoms with Gasteiger partial charge >= 0.3 is 0 Å². The minimum Gasteiger partial charge on any atom is -0.391 e. The van der Waals surface area contributed by atoms with Crippen LogP contribution in [0.1, 0.15) is 39.0 Å². The van der Waals surface area contributed by atoms with Crippen molar-refractivity contribution in [2.75, 3.05) is 13.2 Å². The molecular formula is C14H24O2. The minimum atomic E-state index is -0.255. The van der Waals surface area contributed by atoms with Gasteiger partial charge in [0.15, 0.2) is 0 Å². The van der Waals surface area contributed by atoms with Crippen LogP contribution in [-0.4, -0.2) is 24.4 Å². The van der Waals surface area contributed by atoms with Crippen molar-refractivity contribution in [3.05, 3.63) is 12.2 Å². The monoisotopic (exact) mass is 224 g/mol. The third-order valence-electron chi connectivity index (χ3n) is 3.95. The molecule has 92 valence electrons. The van der Waals surface area contributed by atoms with Gasteiger partial charge in [0.25, 0.3) is 0 Å². The normalized spacial score (nSPS) is 33.5. The van der Waals surface area contributed by atoms with Crippen molar-refractivity contribution >= 4 is 0 Å². The number of rotatable bonds is 7. The summed E-state index contributed by atoms with van der Waals surface area (Å²) in [6.07, 6.45) is 10.2. The van der Waals surface area contributed by atoms with E-state index in [1.54, 1.807) is 0 Å². The molecule has 2 heteroatoms. The van der Waals surface area contributed by atoms with E-state index in [0.717, 1.165) is 37.7 Å². The van der Waals surface area contributed by atoms with E-state index in [4.69, 9.17) is 4.74 Å². The fourth-order valence-corrected chi connectivity index (χ4v) is 2.96. The molecule has 4 unspecified atom stereocenters. The van der Waals surface area contributed by atoms with E-state index in [0.29, 0.717) is 12.5 Å². The van der Waals surface area contributed by atoms with Crippen molar-refractivity contribution < 1.29 is 9.84 Å². The maximum atomic E-state index is 9.65. The van der Waals surface area contributed by atoms with Crippen molar-refractivity contribution in [3.8, 4) is 0 Å². The van der Waals surface area contributed by atoms with Crippen molar-refractivity contribution in [2.24, 2.45) is 17.8 Å². The van der Waals surface area contributed by atoms with Crippen molar-refractivity contribution in [2.45, 2.75) is 45.1 Å². The summed E-state index contributed by atoms with van der Waals surface area (Å²) in [5.41, 5.74) is 0. The Morgan fingerprint density at radius 2 is 2.25 bits per heavy atom. The van der Waals surface area contributed by atoms with E-state index in [1.807, 2.05) is 0 Å². The van der Waals surface area contributed by atoms with Gasteiger partial charge < -0.3 is 9.84 Å². The summed E-state index contributed by atoms with van der Waals surface area (Å²) in [4.78, 5) is 0. The van der Waals surface area contributed by atoms with Gasteiger partial charge in [-0.15, -0.1) is 0 Å². The molecule has 2 aliphatic rings. The standard InChI is InChI=1S/C14H24O2/c1-2-3-4-14(15)10-16-9-13-8-11-5-6-12(13)7-11/h5-6,11-15H,2-4,7-10H2,1H3. The van der Waals surface area contributed by atoms with Gasteiger partial charge in [-0.3, -0.25) is 0 Å². The molecule has 2 bridgehead atoms. The molecule has 0 spiro atoms. The van der Waals surface area contributed by atoms with Crippen LogP contribution in [0.3, 0.4) is 0 Å². The Balaban J connectivity index is 1.56. The first-order valence-electron chi connectivity index (χ1n) is 6.73. The molecule has 1 saturated carbocycles. The van der Waals surface area contributed by atoms with Crippen LogP contribution in [0.15, 0.2) is 12.2 Å². The van der Waals surface area contributed by atoms with Gasteiger partial charge in [0.05, 0.1) is 19.3 Å². The largest absolute Gasteiger partial charge is 0.391 e. The molecule has 1 fully saturated rings. The lowest BCUT2D eigenvalue weighted by Gasteiger charge is -2.19. The predicted molar refractivity (Wildman–Crippen MR) is 65.2 cm³/mol. The first-order valence-corrected chi connectivity index (χ1v) is 6.73. The number of ether oxygens (including phenoxy) is 1. The second kappa shape index (κ2) is 5.83. The highest BCUT2D eigenvalue weighted by Gasteiger charge is 2.35. The number of allylic oxidation sites excluding steroid dienone is 2. The van der Waals surface area contributed by atoms with Crippen LogP contribution >= 0.6 is 0 Å². The topological polar surface area (TPSA) is 29.5 Å². The summed E-state index contributed by atoms with van der Waals surface area (Å²) in [5.74, 6) is 2.30. The summed E-state index contributed by atoms with van der Waals surface area (Å²) < 4.78 is 5.65. The van der Waals surface area contributed by atoms with Crippen LogP contribution in [0.5, 0.6) is 0 Å². The molecule has 16 heavy (non-hydrogen) atoms. The smallest absolute Gasteiger partial charge is 0.0773 e. The second-order valence-corrected chi connectivity index (χ2v) is 5.37. The molecule has 0 saturated heterocycles. The van der Waals surface area contributed by atoms with E-state index >= 15 is 0 Å². The van der Waals surface area contributed by atoms with Gasteiger partial charge in [-0.1, -0.05) is 31.9 Å². The molecule has 2 aliphatic carbocycles. The third kappa shape index (κ3) is 3.08. The molecular weight excluding hydrogens is 200 g/mol. The van der Waals surface area contributed by atoms with Crippen LogP contribution in [0.25, 0.3) is 0 Å². The van der Waals surface area contributed by atoms with Gasteiger partial charge in [-0.25, -0.2) is 0 Å². The lowest BCUT2D eigenvalue weighted by Crippen LogP contribution is -2.20. The van der Waals surface area contributed by atoms with E-state index in [-0.39, 0.29) is 6.10 Å². The van der Waals surface area contributed by atoms with Crippen LogP contribution in [-0.2, 0) is 4.74 Å². The molecule has 0 aromatic heterocycles. The van der Waals surface area contributed by atoms with Gasteiger partial charge in [0.2, 0.25) is 0 Å². The van der Waals surface area contributed by atoms with E-state index < -0.39 is 0 Å². The summed E-state index contributed by atoms with van der Waals surface area (Å²) in [5, 5.41) is 9.65. The fraction of sp³-hybridized carbons (Fsp3) is 0.857. The SMILES string of the molecule is CCCCC(O)COCC1CC2C=CC1C2. The first kappa shape index (κ1) is 12.1. The number of aliphatic hydroxyl groups is 1. The molecule has 2 nitrogen and oxygen atoms in total. The van der Waals surface area contributed by atoms with Crippen LogP contribution in [0.2, 0.25) is 0 Å². The summed E-state index contributed by atoms with van der Waals surface area (Å²) >= 11 is 0. The first-order chi connectivity index (χ1) is 7.79. The van der Waals surface area contributed by atoms with Crippen molar-refractivity contribution in [1.82, 2.24) is 0 Å². The molecule has 4 atom stereocenters. The Morgan fingerprint density at radius 3 is 2.88 bits per heavy atom. The third-order valence-corrected chi connectivity index (χ3v) is 3.95. The summed E-state index contributed by atoms with van der Waals surface area (Å²) in [6, 6.07) is 0. The fourth-order valence-electron chi connectivity index (χ4n) is 2.96. The lowest BCUT2D eigenvalue weighted by atomic mass is 9.95. The highest BCUT2D eigenvalue weighted by molar-refractivity contribution is 5.09. The van der Waals surface area contributed by atoms with Gasteiger partial charge in [0.1, 0.15) is 0 Å². The second-order valence-electron chi connectivity index (χ2n) is 5.37. The van der Waals surface area contributed by atoms with Gasteiger partial charge in [-0.05, 0) is 37.0 Å². The van der Waals surface area contributed by atoms with Crippen molar-refractivity contribution in [1.29, 1.82) is 0 Å². The van der Waals surface area contributed by atoms with Gasteiger partial charge in [-0.2, -0.15) is 0 Å². The molecule has 0 heterocycles. The summed E-state index contributed by atoms with van der Waals surface area (Å²) in [6.45, 7) is 3.52. The van der Waals surface area contributed by atoms with Crippen molar-refractivity contribution in [3.63, 3.8) is 0 Å². The number of hydrogen-bond acceptors (Lipinski definition) is 2. The quantitative estimate of drug-likeness (QED) is 0.674. The lowest BCUT2D eigenvalue weighted by molar-refractivity contribution is 0.0132. The van der Waals surface area contributed by atoms with E-state index in [9.17, 15) is 5.11 Å². The molecule has 0 aromatic carbocycles. The van der Waals surface area contributed by atoms with E-state index in [1.165, 1.54) is 12.8 Å². The van der Waals surface area contributed by atoms with Crippen LogP contribution in [0.4, 0.5) is 0 Å². The summed E-state index contributed by atoms with van der Waals surface area (Å²) in [7, 11) is 0. The molecule has 0 amide bonds. The van der Waals surface area contributed by atoms with Crippen LogP contribution < -0.4 is 0 Å². The molecule has 0 radical (unpaired) electrons. The minimum absolute atomic E-state index is 0.255. The zero-order valence-corrected chi connectivity index (χ0v) is 10.3. The Labute approximate surface area is 98.7 Å². The maximum Gasteiger partial charge on any atom is 0.0773 e. The number of unbranched alkanes of at least 4 members (excludes halogenated alkanes) is 1. The molecule has 0 aromatic rings. The highest BCUT2D eigenvalue weighted by Crippen LogP contribution is 2.43. The Bertz CT molecular complexity index is 237. The molecule has 2 rings (SSSR count). The van der Waals surface area contributed by atoms with E-state index in [2.05, 4.69) is 19.1 Å². The average Bonchev–Trinajstić information content (AvgIpc) is 2.88. The number of aliphatic hydroxyl groups excluding tert-OH is 1.